The maximum absolute atomic E-state index is 13.5. The zero-order valence-electron chi connectivity index (χ0n) is 12.2. The molecule has 0 bridgehead atoms. The Kier molecular flexibility index (Phi) is 4.57. The minimum absolute atomic E-state index is 0.346. The topological polar surface area (TPSA) is 51.2 Å². The molecule has 3 aromatic rings. The summed E-state index contributed by atoms with van der Waals surface area (Å²) in [7, 11) is 0. The van der Waals surface area contributed by atoms with Crippen molar-refractivity contribution in [2.45, 2.75) is 0 Å². The molecule has 0 radical (unpaired) electrons. The highest BCUT2D eigenvalue weighted by molar-refractivity contribution is 6.35. The summed E-state index contributed by atoms with van der Waals surface area (Å²) in [6, 6.07) is 10.0. The van der Waals surface area contributed by atoms with Crippen molar-refractivity contribution in [1.29, 1.82) is 0 Å². The first-order valence-electron chi connectivity index (χ1n) is 6.96. The lowest BCUT2D eigenvalue weighted by atomic mass is 10.2. The molecule has 2 aromatic carbocycles. The van der Waals surface area contributed by atoms with Crippen LogP contribution in [0.25, 0.3) is 10.9 Å². The van der Waals surface area contributed by atoms with Gasteiger partial charge in [0.25, 0.3) is 5.91 Å². The van der Waals surface area contributed by atoms with Gasteiger partial charge in [-0.05, 0) is 36.4 Å². The van der Waals surface area contributed by atoms with E-state index in [0.29, 0.717) is 21.7 Å². The fourth-order valence-corrected chi connectivity index (χ4v) is 2.38. The lowest BCUT2D eigenvalue weighted by molar-refractivity contribution is -0.118. The molecule has 3 rings (SSSR count). The number of amides is 1. The molecule has 0 aliphatic carbocycles. The van der Waals surface area contributed by atoms with Gasteiger partial charge in [-0.1, -0.05) is 17.7 Å². The maximum Gasteiger partial charge on any atom is 0.262 e. The van der Waals surface area contributed by atoms with E-state index in [-0.39, 0.29) is 0 Å². The Morgan fingerprint density at radius 2 is 1.88 bits per heavy atom. The molecular formula is C17H11ClF2N2O2. The summed E-state index contributed by atoms with van der Waals surface area (Å²) in [5.41, 5.74) is -0.0138. The maximum atomic E-state index is 13.5. The molecule has 1 heterocycles. The van der Waals surface area contributed by atoms with Crippen LogP contribution in [0.2, 0.25) is 5.02 Å². The predicted molar refractivity (Wildman–Crippen MR) is 87.2 cm³/mol. The third-order valence-corrected chi connectivity index (χ3v) is 3.59. The number of anilines is 1. The summed E-state index contributed by atoms with van der Waals surface area (Å²) >= 11 is 6.08. The minimum atomic E-state index is -0.859. The normalized spacial score (nSPS) is 10.6. The first-order chi connectivity index (χ1) is 11.6. The summed E-state index contributed by atoms with van der Waals surface area (Å²) in [5, 5.41) is 3.33. The lowest BCUT2D eigenvalue weighted by Gasteiger charge is -2.10. The number of para-hydroxylation sites is 1. The van der Waals surface area contributed by atoms with E-state index in [1.165, 1.54) is 6.07 Å². The zero-order valence-corrected chi connectivity index (χ0v) is 13.0. The van der Waals surface area contributed by atoms with Crippen LogP contribution in [0.4, 0.5) is 14.5 Å². The summed E-state index contributed by atoms with van der Waals surface area (Å²) in [6.45, 7) is -0.429. The molecule has 122 valence electrons. The quantitative estimate of drug-likeness (QED) is 0.769. The Morgan fingerprint density at radius 1 is 1.12 bits per heavy atom. The lowest BCUT2D eigenvalue weighted by Crippen LogP contribution is -2.21. The molecule has 0 atom stereocenters. The number of hydrogen-bond donors (Lipinski definition) is 1. The smallest absolute Gasteiger partial charge is 0.262 e. The highest BCUT2D eigenvalue weighted by Crippen LogP contribution is 2.29. The van der Waals surface area contributed by atoms with Crippen LogP contribution in [0.1, 0.15) is 0 Å². The van der Waals surface area contributed by atoms with E-state index < -0.39 is 29.8 Å². The monoisotopic (exact) mass is 348 g/mol. The van der Waals surface area contributed by atoms with Gasteiger partial charge in [0.05, 0.1) is 5.02 Å². The van der Waals surface area contributed by atoms with Gasteiger partial charge in [-0.15, -0.1) is 0 Å². The Balaban J connectivity index is 1.75. The highest BCUT2D eigenvalue weighted by atomic mass is 35.5. The second kappa shape index (κ2) is 6.80. The number of carbonyl (C=O) groups is 1. The van der Waals surface area contributed by atoms with Crippen LogP contribution in [0, 0.1) is 11.6 Å². The number of nitrogens with one attached hydrogen (secondary N) is 1. The van der Waals surface area contributed by atoms with Crippen molar-refractivity contribution < 1.29 is 18.3 Å². The van der Waals surface area contributed by atoms with Gasteiger partial charge in [-0.25, -0.2) is 8.78 Å². The molecule has 1 N–H and O–H groups in total. The molecule has 0 aliphatic heterocycles. The summed E-state index contributed by atoms with van der Waals surface area (Å²) in [5.74, 6) is -2.07. The van der Waals surface area contributed by atoms with Crippen molar-refractivity contribution >= 4 is 34.1 Å². The standard InChI is InChI=1S/C17H11ClF2N2O2/c18-11-6-7-14(16-10(11)3-2-8-21-16)24-9-15(23)22-17-12(19)4-1-5-13(17)20/h1-8H,9H2,(H,22,23). The SMILES string of the molecule is O=C(COc1ccc(Cl)c2cccnc12)Nc1c(F)cccc1F. The van der Waals surface area contributed by atoms with Crippen LogP contribution >= 0.6 is 11.6 Å². The molecule has 0 saturated heterocycles. The average Bonchev–Trinajstić information content (AvgIpc) is 2.58. The average molecular weight is 349 g/mol. The minimum Gasteiger partial charge on any atom is -0.481 e. The molecule has 7 heteroatoms. The number of benzene rings is 2. The van der Waals surface area contributed by atoms with Gasteiger partial charge in [0.1, 0.15) is 28.6 Å². The number of carbonyl (C=O) groups excluding carboxylic acids is 1. The molecular weight excluding hydrogens is 338 g/mol. The second-order valence-corrected chi connectivity index (χ2v) is 5.29. The van der Waals surface area contributed by atoms with Crippen molar-refractivity contribution in [3.8, 4) is 5.75 Å². The number of fused-ring (bicyclic) bond motifs is 1. The Labute approximate surface area is 141 Å². The molecule has 1 aromatic heterocycles. The molecule has 24 heavy (non-hydrogen) atoms. The first kappa shape index (κ1) is 16.1. The molecule has 1 amide bonds. The van der Waals surface area contributed by atoms with E-state index in [0.717, 1.165) is 12.1 Å². The van der Waals surface area contributed by atoms with E-state index in [1.54, 1.807) is 30.5 Å². The molecule has 4 nitrogen and oxygen atoms in total. The van der Waals surface area contributed by atoms with Gasteiger partial charge in [0.2, 0.25) is 0 Å². The van der Waals surface area contributed by atoms with Gasteiger partial charge < -0.3 is 10.1 Å². The molecule has 0 saturated carbocycles. The summed E-state index contributed by atoms with van der Waals surface area (Å²) < 4.78 is 32.4. The van der Waals surface area contributed by atoms with Crippen LogP contribution in [0.15, 0.2) is 48.7 Å². The van der Waals surface area contributed by atoms with E-state index in [1.807, 2.05) is 0 Å². The van der Waals surface area contributed by atoms with Crippen LogP contribution in [-0.4, -0.2) is 17.5 Å². The number of aromatic nitrogens is 1. The van der Waals surface area contributed by atoms with Crippen LogP contribution in [0.5, 0.6) is 5.75 Å². The third kappa shape index (κ3) is 3.28. The van der Waals surface area contributed by atoms with Crippen molar-refractivity contribution in [3.05, 3.63) is 65.3 Å². The number of hydrogen-bond acceptors (Lipinski definition) is 3. The van der Waals surface area contributed by atoms with Gasteiger partial charge >= 0.3 is 0 Å². The molecule has 0 unspecified atom stereocenters. The van der Waals surface area contributed by atoms with Gasteiger partial charge in [0, 0.05) is 11.6 Å². The second-order valence-electron chi connectivity index (χ2n) is 4.88. The molecule has 0 spiro atoms. The summed E-state index contributed by atoms with van der Waals surface area (Å²) in [4.78, 5) is 16.0. The van der Waals surface area contributed by atoms with Crippen LogP contribution in [0.3, 0.4) is 0 Å². The Hall–Kier alpha value is -2.73. The number of nitrogens with zero attached hydrogens (tertiary/aromatic N) is 1. The van der Waals surface area contributed by atoms with Gasteiger partial charge in [-0.3, -0.25) is 9.78 Å². The predicted octanol–water partition coefficient (Wildman–Crippen LogP) is 4.18. The fraction of sp³-hybridized carbons (Fsp3) is 0.0588. The van der Waals surface area contributed by atoms with E-state index in [4.69, 9.17) is 16.3 Å². The Morgan fingerprint density at radius 3 is 2.62 bits per heavy atom. The number of ether oxygens (including phenoxy) is 1. The van der Waals surface area contributed by atoms with Crippen molar-refractivity contribution in [3.63, 3.8) is 0 Å². The van der Waals surface area contributed by atoms with Crippen LogP contribution in [-0.2, 0) is 4.79 Å². The van der Waals surface area contributed by atoms with Crippen molar-refractivity contribution in [2.24, 2.45) is 0 Å². The van der Waals surface area contributed by atoms with Gasteiger partial charge in [-0.2, -0.15) is 0 Å². The van der Waals surface area contributed by atoms with Crippen LogP contribution < -0.4 is 10.1 Å². The van der Waals surface area contributed by atoms with E-state index in [2.05, 4.69) is 10.3 Å². The van der Waals surface area contributed by atoms with E-state index in [9.17, 15) is 13.6 Å². The van der Waals surface area contributed by atoms with Gasteiger partial charge in [0.15, 0.2) is 6.61 Å². The molecule has 0 fully saturated rings. The number of pyridine rings is 1. The fourth-order valence-electron chi connectivity index (χ4n) is 2.16. The molecule has 0 aliphatic rings. The largest absolute Gasteiger partial charge is 0.481 e. The van der Waals surface area contributed by atoms with E-state index >= 15 is 0 Å². The number of rotatable bonds is 4. The first-order valence-corrected chi connectivity index (χ1v) is 7.34. The Bertz CT molecular complexity index is 898. The van der Waals surface area contributed by atoms with Crippen molar-refractivity contribution in [2.75, 3.05) is 11.9 Å². The zero-order chi connectivity index (χ0) is 17.1. The highest BCUT2D eigenvalue weighted by Gasteiger charge is 2.13. The third-order valence-electron chi connectivity index (χ3n) is 3.27. The van der Waals surface area contributed by atoms with Crippen molar-refractivity contribution in [1.82, 2.24) is 4.98 Å². The summed E-state index contributed by atoms with van der Waals surface area (Å²) in [6.07, 6.45) is 1.57. The number of halogens is 3.